The molecule has 2 amide bonds. The molecule has 2 aliphatic heterocycles. The van der Waals surface area contributed by atoms with Crippen LogP contribution in [0.2, 0.25) is 0 Å². The van der Waals surface area contributed by atoms with E-state index in [1.165, 1.54) is 0 Å². The minimum absolute atomic E-state index is 0.0795. The van der Waals surface area contributed by atoms with E-state index in [-0.39, 0.29) is 23.8 Å². The monoisotopic (exact) mass is 239 g/mol. The third-order valence-electron chi connectivity index (χ3n) is 3.78. The topological polar surface area (TPSA) is 66.6 Å². The molecule has 0 aromatic heterocycles. The fourth-order valence-corrected chi connectivity index (χ4v) is 2.62. The highest BCUT2D eigenvalue weighted by molar-refractivity contribution is 5.87. The van der Waals surface area contributed by atoms with Crippen molar-refractivity contribution in [3.05, 3.63) is 0 Å². The van der Waals surface area contributed by atoms with Crippen LogP contribution < -0.4 is 5.73 Å². The first-order chi connectivity index (χ1) is 8.08. The van der Waals surface area contributed by atoms with Crippen LogP contribution in [0.25, 0.3) is 0 Å². The number of nitrogens with two attached hydrogens (primary N) is 1. The highest BCUT2D eigenvalue weighted by Crippen LogP contribution is 2.21. The highest BCUT2D eigenvalue weighted by Gasteiger charge is 2.32. The summed E-state index contributed by atoms with van der Waals surface area (Å²) in [4.78, 5) is 27.4. The highest BCUT2D eigenvalue weighted by atomic mass is 16.2. The summed E-state index contributed by atoms with van der Waals surface area (Å²) in [7, 11) is 1.79. The summed E-state index contributed by atoms with van der Waals surface area (Å²) in [6.07, 6.45) is 3.12. The van der Waals surface area contributed by atoms with Crippen molar-refractivity contribution in [3.8, 4) is 0 Å². The molecule has 2 fully saturated rings. The van der Waals surface area contributed by atoms with Crippen molar-refractivity contribution >= 4 is 11.8 Å². The Kier molecular flexibility index (Phi) is 3.66. The van der Waals surface area contributed by atoms with Gasteiger partial charge in [-0.15, -0.1) is 0 Å². The summed E-state index contributed by atoms with van der Waals surface area (Å²) in [5.74, 6) is 0.0847. The average molecular weight is 239 g/mol. The van der Waals surface area contributed by atoms with Crippen molar-refractivity contribution in [1.29, 1.82) is 0 Å². The zero-order valence-corrected chi connectivity index (χ0v) is 10.4. The molecule has 0 aliphatic carbocycles. The van der Waals surface area contributed by atoms with E-state index in [0.717, 1.165) is 25.8 Å². The standard InChI is InChI=1S/C12H21N3O2/c1-14-6-4-9(7-11(14)16)12(17)15-5-2-3-10(13)8-15/h9-10H,2-8,13H2,1H3/t9-,10+/m1/s1. The van der Waals surface area contributed by atoms with Crippen molar-refractivity contribution in [3.63, 3.8) is 0 Å². The Balaban J connectivity index is 1.93. The fraction of sp³-hybridized carbons (Fsp3) is 0.833. The molecule has 0 spiro atoms. The van der Waals surface area contributed by atoms with Crippen LogP contribution in [-0.2, 0) is 9.59 Å². The molecule has 2 N–H and O–H groups in total. The molecule has 0 aromatic rings. The van der Waals surface area contributed by atoms with Crippen molar-refractivity contribution in [2.75, 3.05) is 26.7 Å². The fourth-order valence-electron chi connectivity index (χ4n) is 2.62. The summed E-state index contributed by atoms with van der Waals surface area (Å²) in [6, 6.07) is 0.106. The van der Waals surface area contributed by atoms with Gasteiger partial charge in [0.15, 0.2) is 0 Å². The van der Waals surface area contributed by atoms with Crippen molar-refractivity contribution < 1.29 is 9.59 Å². The Labute approximate surface area is 102 Å². The molecule has 5 nitrogen and oxygen atoms in total. The Hall–Kier alpha value is -1.10. The second-order valence-electron chi connectivity index (χ2n) is 5.19. The first-order valence-electron chi connectivity index (χ1n) is 6.36. The number of rotatable bonds is 1. The molecule has 0 aromatic carbocycles. The van der Waals surface area contributed by atoms with E-state index in [9.17, 15) is 9.59 Å². The molecular weight excluding hydrogens is 218 g/mol. The zero-order chi connectivity index (χ0) is 12.4. The van der Waals surface area contributed by atoms with Gasteiger partial charge in [0.1, 0.15) is 0 Å². The minimum atomic E-state index is -0.121. The van der Waals surface area contributed by atoms with Crippen LogP contribution in [0, 0.1) is 5.92 Å². The van der Waals surface area contributed by atoms with Crippen LogP contribution in [0.5, 0.6) is 0 Å². The molecule has 2 atom stereocenters. The molecule has 0 radical (unpaired) electrons. The van der Waals surface area contributed by atoms with Gasteiger partial charge >= 0.3 is 0 Å². The van der Waals surface area contributed by atoms with Crippen molar-refractivity contribution in [2.24, 2.45) is 11.7 Å². The van der Waals surface area contributed by atoms with E-state index in [2.05, 4.69) is 0 Å². The Morgan fingerprint density at radius 1 is 1.35 bits per heavy atom. The lowest BCUT2D eigenvalue weighted by atomic mass is 9.93. The summed E-state index contributed by atoms with van der Waals surface area (Å²) in [5, 5.41) is 0. The summed E-state index contributed by atoms with van der Waals surface area (Å²) < 4.78 is 0. The second-order valence-corrected chi connectivity index (χ2v) is 5.19. The van der Waals surface area contributed by atoms with Crippen molar-refractivity contribution in [2.45, 2.75) is 31.7 Å². The van der Waals surface area contributed by atoms with E-state index in [0.29, 0.717) is 19.5 Å². The summed E-state index contributed by atoms with van der Waals surface area (Å²) in [5.41, 5.74) is 5.87. The van der Waals surface area contributed by atoms with Crippen LogP contribution in [0.3, 0.4) is 0 Å². The molecule has 0 unspecified atom stereocenters. The first-order valence-corrected chi connectivity index (χ1v) is 6.36. The van der Waals surface area contributed by atoms with Crippen molar-refractivity contribution in [1.82, 2.24) is 9.80 Å². The predicted molar refractivity (Wildman–Crippen MR) is 64.2 cm³/mol. The Morgan fingerprint density at radius 3 is 2.76 bits per heavy atom. The molecule has 0 saturated carbocycles. The maximum absolute atomic E-state index is 12.3. The van der Waals surface area contributed by atoms with E-state index in [1.807, 2.05) is 4.90 Å². The Bertz CT molecular complexity index is 319. The SMILES string of the molecule is CN1CC[C@@H](C(=O)N2CCC[C@H](N)C2)CC1=O. The van der Waals surface area contributed by atoms with Gasteiger partial charge in [0.05, 0.1) is 0 Å². The third-order valence-corrected chi connectivity index (χ3v) is 3.78. The van der Waals surface area contributed by atoms with E-state index in [1.54, 1.807) is 11.9 Å². The molecule has 2 saturated heterocycles. The van der Waals surface area contributed by atoms with Gasteiger partial charge in [0, 0.05) is 45.1 Å². The Morgan fingerprint density at radius 2 is 2.12 bits per heavy atom. The van der Waals surface area contributed by atoms with E-state index < -0.39 is 0 Å². The van der Waals surface area contributed by atoms with Gasteiger partial charge in [-0.05, 0) is 19.3 Å². The van der Waals surface area contributed by atoms with E-state index >= 15 is 0 Å². The molecule has 5 heteroatoms. The lowest BCUT2D eigenvalue weighted by molar-refractivity contribution is -0.145. The molecule has 2 heterocycles. The van der Waals surface area contributed by atoms with Gasteiger partial charge in [0.2, 0.25) is 11.8 Å². The average Bonchev–Trinajstić information content (AvgIpc) is 2.32. The number of hydrogen-bond donors (Lipinski definition) is 1. The number of likely N-dealkylation sites (tertiary alicyclic amines) is 2. The smallest absolute Gasteiger partial charge is 0.226 e. The van der Waals surface area contributed by atoms with Gasteiger partial charge in [-0.25, -0.2) is 0 Å². The number of hydrogen-bond acceptors (Lipinski definition) is 3. The van der Waals surface area contributed by atoms with Crippen LogP contribution >= 0.6 is 0 Å². The quantitative estimate of drug-likeness (QED) is 0.689. The normalized spacial score (nSPS) is 30.6. The number of nitrogens with zero attached hydrogens (tertiary/aromatic N) is 2. The van der Waals surface area contributed by atoms with Gasteiger partial charge in [-0.3, -0.25) is 9.59 Å². The lowest BCUT2D eigenvalue weighted by Crippen LogP contribution is -2.50. The van der Waals surface area contributed by atoms with Gasteiger partial charge in [-0.1, -0.05) is 0 Å². The van der Waals surface area contributed by atoms with Gasteiger partial charge in [0.25, 0.3) is 0 Å². The largest absolute Gasteiger partial charge is 0.346 e. The molecule has 17 heavy (non-hydrogen) atoms. The number of carbonyl (C=O) groups excluding carboxylic acids is 2. The summed E-state index contributed by atoms with van der Waals surface area (Å²) in [6.45, 7) is 2.14. The van der Waals surface area contributed by atoms with Crippen LogP contribution in [0.1, 0.15) is 25.7 Å². The first kappa shape index (κ1) is 12.4. The zero-order valence-electron chi connectivity index (χ0n) is 10.4. The molecular formula is C12H21N3O2. The van der Waals surface area contributed by atoms with Gasteiger partial charge in [-0.2, -0.15) is 0 Å². The molecule has 96 valence electrons. The molecule has 2 rings (SSSR count). The van der Waals surface area contributed by atoms with Crippen LogP contribution in [0.15, 0.2) is 0 Å². The van der Waals surface area contributed by atoms with Crippen LogP contribution in [-0.4, -0.2) is 54.3 Å². The van der Waals surface area contributed by atoms with Crippen LogP contribution in [0.4, 0.5) is 0 Å². The van der Waals surface area contributed by atoms with Gasteiger partial charge < -0.3 is 15.5 Å². The number of amides is 2. The second kappa shape index (κ2) is 5.04. The lowest BCUT2D eigenvalue weighted by Gasteiger charge is -2.35. The number of piperidine rings is 2. The number of carbonyl (C=O) groups is 2. The third kappa shape index (κ3) is 2.77. The maximum atomic E-state index is 12.3. The minimum Gasteiger partial charge on any atom is -0.346 e. The maximum Gasteiger partial charge on any atom is 0.226 e. The van der Waals surface area contributed by atoms with E-state index in [4.69, 9.17) is 5.73 Å². The molecule has 2 aliphatic rings. The molecule has 0 bridgehead atoms. The predicted octanol–water partition coefficient (Wildman–Crippen LogP) is -0.195. The summed E-state index contributed by atoms with van der Waals surface area (Å²) >= 11 is 0.